The molecule has 1 fully saturated rings. The normalized spacial score (nSPS) is 14.6. The van der Waals surface area contributed by atoms with Gasteiger partial charge in [-0.2, -0.15) is 5.10 Å². The number of aliphatic carboxylic acids is 1. The SMILES string of the molecule is O=C(O)C=Cc1ccc(/C(=C(\c2ccc(Cl)cc2Cl)C2CC2)c2ccc3[nH]ncc3c2)cc1. The van der Waals surface area contributed by atoms with Crippen LogP contribution in [0.25, 0.3) is 28.1 Å². The molecule has 3 aromatic carbocycles. The van der Waals surface area contributed by atoms with E-state index in [1.807, 2.05) is 48.7 Å². The maximum atomic E-state index is 10.9. The molecule has 0 atom stereocenters. The van der Waals surface area contributed by atoms with E-state index in [1.165, 1.54) is 5.57 Å². The monoisotopic (exact) mass is 474 g/mol. The first-order valence-corrected chi connectivity index (χ1v) is 11.4. The molecule has 5 rings (SSSR count). The average molecular weight is 475 g/mol. The highest BCUT2D eigenvalue weighted by Gasteiger charge is 2.31. The summed E-state index contributed by atoms with van der Waals surface area (Å²) in [6.45, 7) is 0. The van der Waals surface area contributed by atoms with Gasteiger partial charge in [0, 0.05) is 21.5 Å². The molecular formula is C27H20Cl2N2O2. The fraction of sp³-hybridized carbons (Fsp3) is 0.111. The summed E-state index contributed by atoms with van der Waals surface area (Å²) in [6.07, 6.45) is 6.76. The predicted octanol–water partition coefficient (Wildman–Crippen LogP) is 7.34. The number of aromatic amines is 1. The third kappa shape index (κ3) is 4.58. The van der Waals surface area contributed by atoms with Crippen LogP contribution in [0.2, 0.25) is 10.0 Å². The lowest BCUT2D eigenvalue weighted by Gasteiger charge is -2.19. The second-order valence-electron chi connectivity index (χ2n) is 8.15. The molecular weight excluding hydrogens is 455 g/mol. The van der Waals surface area contributed by atoms with Crippen molar-refractivity contribution in [1.82, 2.24) is 10.2 Å². The minimum absolute atomic E-state index is 0.408. The number of carbonyl (C=O) groups is 1. The summed E-state index contributed by atoms with van der Waals surface area (Å²) < 4.78 is 0. The highest BCUT2D eigenvalue weighted by molar-refractivity contribution is 6.36. The van der Waals surface area contributed by atoms with Crippen LogP contribution in [0.1, 0.15) is 35.1 Å². The van der Waals surface area contributed by atoms with E-state index in [1.54, 1.807) is 12.1 Å². The van der Waals surface area contributed by atoms with E-state index in [2.05, 4.69) is 22.3 Å². The zero-order chi connectivity index (χ0) is 22.9. The van der Waals surface area contributed by atoms with E-state index in [-0.39, 0.29) is 0 Å². The molecule has 0 amide bonds. The first kappa shape index (κ1) is 21.5. The Morgan fingerprint density at radius 3 is 2.45 bits per heavy atom. The maximum Gasteiger partial charge on any atom is 0.328 e. The molecule has 1 aromatic heterocycles. The van der Waals surface area contributed by atoms with Gasteiger partial charge in [-0.3, -0.25) is 5.10 Å². The fourth-order valence-electron chi connectivity index (χ4n) is 4.14. The average Bonchev–Trinajstić information content (AvgIpc) is 3.53. The zero-order valence-electron chi connectivity index (χ0n) is 17.6. The Kier molecular flexibility index (Phi) is 5.79. The van der Waals surface area contributed by atoms with Gasteiger partial charge in [-0.1, -0.05) is 59.6 Å². The minimum Gasteiger partial charge on any atom is -0.478 e. The van der Waals surface area contributed by atoms with Crippen LogP contribution < -0.4 is 0 Å². The van der Waals surface area contributed by atoms with Crippen LogP contribution in [0.5, 0.6) is 0 Å². The first-order chi connectivity index (χ1) is 16.0. The molecule has 1 heterocycles. The first-order valence-electron chi connectivity index (χ1n) is 10.6. The number of benzene rings is 3. The van der Waals surface area contributed by atoms with Crippen molar-refractivity contribution >= 4 is 57.3 Å². The molecule has 2 N–H and O–H groups in total. The number of fused-ring (bicyclic) bond motifs is 1. The standard InChI is InChI=1S/C27H20Cl2N2O2/c28-21-9-10-22(23(29)14-21)27(18-6-7-18)26(19-8-11-24-20(13-19)15-30-31-24)17-4-1-16(2-5-17)3-12-25(32)33/h1-5,8-15,18H,6-7H2,(H,30,31)(H,32,33)/b12-3?,27-26+. The van der Waals surface area contributed by atoms with Gasteiger partial charge >= 0.3 is 5.97 Å². The molecule has 0 bridgehead atoms. The van der Waals surface area contributed by atoms with Crippen molar-refractivity contribution in [1.29, 1.82) is 0 Å². The van der Waals surface area contributed by atoms with Gasteiger partial charge in [0.25, 0.3) is 0 Å². The lowest BCUT2D eigenvalue weighted by Crippen LogP contribution is -1.98. The van der Waals surface area contributed by atoms with Crippen LogP contribution in [0.4, 0.5) is 0 Å². The summed E-state index contributed by atoms with van der Waals surface area (Å²) >= 11 is 12.9. The molecule has 6 heteroatoms. The molecule has 4 aromatic rings. The molecule has 1 saturated carbocycles. The highest BCUT2D eigenvalue weighted by atomic mass is 35.5. The van der Waals surface area contributed by atoms with Crippen molar-refractivity contribution in [2.45, 2.75) is 12.8 Å². The molecule has 0 radical (unpaired) electrons. The summed E-state index contributed by atoms with van der Waals surface area (Å²) in [5.74, 6) is -0.563. The Hall–Kier alpha value is -3.34. The molecule has 1 aliphatic rings. The van der Waals surface area contributed by atoms with Gasteiger partial charge in [0.1, 0.15) is 0 Å². The van der Waals surface area contributed by atoms with Crippen LogP contribution in [0, 0.1) is 5.92 Å². The number of H-pyrrole nitrogens is 1. The van der Waals surface area contributed by atoms with E-state index in [0.717, 1.165) is 57.6 Å². The number of halogens is 2. The van der Waals surface area contributed by atoms with E-state index in [0.29, 0.717) is 16.0 Å². The lowest BCUT2D eigenvalue weighted by molar-refractivity contribution is -0.131. The number of carboxylic acids is 1. The number of hydrogen-bond donors (Lipinski definition) is 2. The number of aromatic nitrogens is 2. The Labute approximate surface area is 201 Å². The second-order valence-corrected chi connectivity index (χ2v) is 9.00. The van der Waals surface area contributed by atoms with Crippen molar-refractivity contribution in [3.05, 3.63) is 105 Å². The third-order valence-corrected chi connectivity index (χ3v) is 6.37. The number of allylic oxidation sites excluding steroid dienone is 1. The van der Waals surface area contributed by atoms with Crippen molar-refractivity contribution in [2.75, 3.05) is 0 Å². The van der Waals surface area contributed by atoms with Crippen molar-refractivity contribution in [2.24, 2.45) is 5.92 Å². The van der Waals surface area contributed by atoms with Gasteiger partial charge < -0.3 is 5.11 Å². The topological polar surface area (TPSA) is 66.0 Å². The number of carboxylic acid groups (broad SMARTS) is 1. The molecule has 0 spiro atoms. The van der Waals surface area contributed by atoms with Crippen molar-refractivity contribution in [3.63, 3.8) is 0 Å². The van der Waals surface area contributed by atoms with Crippen LogP contribution in [-0.4, -0.2) is 21.3 Å². The quantitative estimate of drug-likeness (QED) is 0.227. The summed E-state index contributed by atoms with van der Waals surface area (Å²) in [6, 6.07) is 19.9. The Morgan fingerprint density at radius 2 is 1.76 bits per heavy atom. The van der Waals surface area contributed by atoms with Gasteiger partial charge in [0.15, 0.2) is 0 Å². The van der Waals surface area contributed by atoms with Crippen LogP contribution in [0.15, 0.2) is 72.9 Å². The summed E-state index contributed by atoms with van der Waals surface area (Å²) in [5, 5.41) is 18.4. The lowest BCUT2D eigenvalue weighted by atomic mass is 9.86. The van der Waals surface area contributed by atoms with Crippen LogP contribution in [-0.2, 0) is 4.79 Å². The Balaban J connectivity index is 1.73. The number of hydrogen-bond acceptors (Lipinski definition) is 2. The van der Waals surface area contributed by atoms with Crippen molar-refractivity contribution in [3.8, 4) is 0 Å². The van der Waals surface area contributed by atoms with Crippen molar-refractivity contribution < 1.29 is 9.90 Å². The van der Waals surface area contributed by atoms with E-state index >= 15 is 0 Å². The molecule has 0 saturated heterocycles. The Morgan fingerprint density at radius 1 is 1.00 bits per heavy atom. The van der Waals surface area contributed by atoms with Crippen LogP contribution in [0.3, 0.4) is 0 Å². The molecule has 0 aliphatic heterocycles. The van der Waals surface area contributed by atoms with E-state index < -0.39 is 5.97 Å². The summed E-state index contributed by atoms with van der Waals surface area (Å²) in [4.78, 5) is 10.9. The highest BCUT2D eigenvalue weighted by Crippen LogP contribution is 2.49. The largest absolute Gasteiger partial charge is 0.478 e. The smallest absolute Gasteiger partial charge is 0.328 e. The number of nitrogens with one attached hydrogen (secondary N) is 1. The number of nitrogens with zero attached hydrogens (tertiary/aromatic N) is 1. The predicted molar refractivity (Wildman–Crippen MR) is 134 cm³/mol. The van der Waals surface area contributed by atoms with Gasteiger partial charge in [-0.05, 0) is 82.5 Å². The third-order valence-electron chi connectivity index (χ3n) is 5.82. The second kappa shape index (κ2) is 8.89. The van der Waals surface area contributed by atoms with Gasteiger partial charge in [-0.15, -0.1) is 0 Å². The number of rotatable bonds is 6. The van der Waals surface area contributed by atoms with E-state index in [9.17, 15) is 4.79 Å². The maximum absolute atomic E-state index is 10.9. The summed E-state index contributed by atoms with van der Waals surface area (Å²) in [5.41, 5.74) is 7.21. The minimum atomic E-state index is -0.971. The van der Waals surface area contributed by atoms with E-state index in [4.69, 9.17) is 28.3 Å². The summed E-state index contributed by atoms with van der Waals surface area (Å²) in [7, 11) is 0. The van der Waals surface area contributed by atoms with Gasteiger partial charge in [0.05, 0.1) is 11.7 Å². The van der Waals surface area contributed by atoms with Gasteiger partial charge in [0.2, 0.25) is 0 Å². The Bertz CT molecular complexity index is 1410. The zero-order valence-corrected chi connectivity index (χ0v) is 19.1. The molecule has 1 aliphatic carbocycles. The molecule has 0 unspecified atom stereocenters. The van der Waals surface area contributed by atoms with Crippen LogP contribution >= 0.6 is 23.2 Å². The van der Waals surface area contributed by atoms with Gasteiger partial charge in [-0.25, -0.2) is 4.79 Å². The fourth-order valence-corrected chi connectivity index (χ4v) is 4.65. The molecule has 4 nitrogen and oxygen atoms in total. The molecule has 33 heavy (non-hydrogen) atoms. The molecule has 164 valence electrons.